The number of nitrogens with zero attached hydrogens (tertiary/aromatic N) is 1. The van der Waals surface area contributed by atoms with Gasteiger partial charge >= 0.3 is 6.18 Å². The number of rotatable bonds is 0. The van der Waals surface area contributed by atoms with Crippen LogP contribution in [-0.4, -0.2) is 30.8 Å². The van der Waals surface area contributed by atoms with E-state index >= 15 is 0 Å². The summed E-state index contributed by atoms with van der Waals surface area (Å²) in [6, 6.07) is -0.288. The molecule has 0 bridgehead atoms. The summed E-state index contributed by atoms with van der Waals surface area (Å²) in [4.78, 5) is 3.58. The van der Waals surface area contributed by atoms with E-state index < -0.39 is 18.1 Å². The maximum atomic E-state index is 12.0. The van der Waals surface area contributed by atoms with Crippen LogP contribution in [0.15, 0.2) is 4.99 Å². The van der Waals surface area contributed by atoms with Crippen molar-refractivity contribution < 1.29 is 17.9 Å². The largest absolute Gasteiger partial charge is 0.421 e. The van der Waals surface area contributed by atoms with Crippen molar-refractivity contribution in [1.82, 2.24) is 0 Å². The Labute approximate surface area is 67.4 Å². The van der Waals surface area contributed by atoms with Crippen LogP contribution in [-0.2, 0) is 4.74 Å². The molecule has 2 atom stereocenters. The molecule has 0 spiro atoms. The van der Waals surface area contributed by atoms with Crippen LogP contribution in [0.3, 0.4) is 0 Å². The molecule has 0 radical (unpaired) electrons. The molecule has 1 heterocycles. The highest BCUT2D eigenvalue weighted by Gasteiger charge is 2.45. The molecule has 6 heteroatoms. The number of aliphatic imine (C=N–C) groups is 1. The minimum atomic E-state index is -4.45. The lowest BCUT2D eigenvalue weighted by Crippen LogP contribution is -2.47. The van der Waals surface area contributed by atoms with E-state index in [0.29, 0.717) is 0 Å². The first-order valence-corrected chi connectivity index (χ1v) is 3.42. The maximum absolute atomic E-state index is 12.0. The van der Waals surface area contributed by atoms with Crippen LogP contribution in [0.4, 0.5) is 13.2 Å². The topological polar surface area (TPSA) is 47.6 Å². The predicted octanol–water partition coefficient (Wildman–Crippen LogP) is 0.693. The number of halogens is 3. The van der Waals surface area contributed by atoms with Gasteiger partial charge in [-0.1, -0.05) is 0 Å². The minimum absolute atomic E-state index is 0.0368. The summed E-state index contributed by atoms with van der Waals surface area (Å²) in [6.07, 6.45) is -6.47. The third kappa shape index (κ3) is 1.88. The smallest absolute Gasteiger partial charge is 0.385 e. The van der Waals surface area contributed by atoms with Crippen molar-refractivity contribution >= 4 is 5.84 Å². The number of hydrogen-bond donors (Lipinski definition) is 1. The van der Waals surface area contributed by atoms with Gasteiger partial charge in [-0.3, -0.25) is 4.99 Å². The van der Waals surface area contributed by atoms with Gasteiger partial charge in [0.05, 0.1) is 12.6 Å². The van der Waals surface area contributed by atoms with Crippen molar-refractivity contribution in [3.05, 3.63) is 0 Å². The zero-order chi connectivity index (χ0) is 9.35. The van der Waals surface area contributed by atoms with Gasteiger partial charge in [-0.15, -0.1) is 0 Å². The molecule has 70 valence electrons. The summed E-state index contributed by atoms with van der Waals surface area (Å²) in [5.41, 5.74) is 5.06. The summed E-state index contributed by atoms with van der Waals surface area (Å²) in [6.45, 7) is 1.60. The average molecular weight is 182 g/mol. The zero-order valence-electron chi connectivity index (χ0n) is 6.43. The van der Waals surface area contributed by atoms with Gasteiger partial charge in [0, 0.05) is 0 Å². The van der Waals surface area contributed by atoms with E-state index in [4.69, 9.17) is 5.73 Å². The lowest BCUT2D eigenvalue weighted by Gasteiger charge is -2.26. The Morgan fingerprint density at radius 3 is 2.58 bits per heavy atom. The van der Waals surface area contributed by atoms with E-state index in [1.54, 1.807) is 6.92 Å². The molecule has 2 N–H and O–H groups in total. The Morgan fingerprint density at radius 2 is 2.17 bits per heavy atom. The zero-order valence-corrected chi connectivity index (χ0v) is 6.43. The Kier molecular flexibility index (Phi) is 2.27. The molecule has 1 aliphatic heterocycles. The molecule has 1 rings (SSSR count). The highest BCUT2D eigenvalue weighted by Crippen LogP contribution is 2.25. The summed E-state index contributed by atoms with van der Waals surface area (Å²) in [7, 11) is 0. The van der Waals surface area contributed by atoms with Gasteiger partial charge in [-0.2, -0.15) is 13.2 Å². The Hall–Kier alpha value is -0.780. The third-order valence-corrected chi connectivity index (χ3v) is 1.44. The van der Waals surface area contributed by atoms with Gasteiger partial charge in [0.25, 0.3) is 0 Å². The van der Waals surface area contributed by atoms with Crippen LogP contribution in [0.2, 0.25) is 0 Å². The van der Waals surface area contributed by atoms with Crippen LogP contribution in [0.1, 0.15) is 6.92 Å². The molecular weight excluding hydrogens is 173 g/mol. The third-order valence-electron chi connectivity index (χ3n) is 1.44. The maximum Gasteiger partial charge on any atom is 0.421 e. The molecule has 3 nitrogen and oxygen atoms in total. The van der Waals surface area contributed by atoms with E-state index in [9.17, 15) is 13.2 Å². The fraction of sp³-hybridized carbons (Fsp3) is 0.833. The highest BCUT2D eigenvalue weighted by atomic mass is 19.4. The summed E-state index contributed by atoms with van der Waals surface area (Å²) >= 11 is 0. The van der Waals surface area contributed by atoms with Crippen LogP contribution in [0.5, 0.6) is 0 Å². The number of alkyl halides is 3. The highest BCUT2D eigenvalue weighted by molar-refractivity contribution is 5.86. The van der Waals surface area contributed by atoms with Crippen LogP contribution in [0, 0.1) is 0 Å². The van der Waals surface area contributed by atoms with Crippen molar-refractivity contribution in [3.8, 4) is 0 Å². The molecule has 2 unspecified atom stereocenters. The molecule has 1 aliphatic rings. The standard InChI is InChI=1S/C6H9F3N2O/c1-3-2-12-4(5(10)11-3)6(7,8)9/h3-4H,2H2,1H3,(H2,10,11). The fourth-order valence-electron chi connectivity index (χ4n) is 0.942. The van der Waals surface area contributed by atoms with Crippen molar-refractivity contribution in [3.63, 3.8) is 0 Å². The summed E-state index contributed by atoms with van der Waals surface area (Å²) in [5.74, 6) is -0.485. The van der Waals surface area contributed by atoms with Gasteiger partial charge in [-0.25, -0.2) is 0 Å². The number of amidine groups is 1. The van der Waals surface area contributed by atoms with Gasteiger partial charge in [-0.05, 0) is 6.92 Å². The molecule has 0 aromatic carbocycles. The second kappa shape index (κ2) is 2.93. The molecule has 0 aliphatic carbocycles. The molecule has 0 amide bonds. The Bertz CT molecular complexity index is 201. The first-order valence-electron chi connectivity index (χ1n) is 3.42. The molecule has 0 aromatic rings. The Balaban J connectivity index is 2.76. The van der Waals surface area contributed by atoms with E-state index in [1.165, 1.54) is 0 Å². The van der Waals surface area contributed by atoms with Crippen molar-refractivity contribution in [2.24, 2.45) is 10.7 Å². The Morgan fingerprint density at radius 1 is 1.58 bits per heavy atom. The normalized spacial score (nSPS) is 31.5. The van der Waals surface area contributed by atoms with E-state index in [2.05, 4.69) is 9.73 Å². The van der Waals surface area contributed by atoms with E-state index in [-0.39, 0.29) is 12.6 Å². The molecule has 0 saturated carbocycles. The average Bonchev–Trinajstić information content (AvgIpc) is 1.83. The number of hydrogen-bond acceptors (Lipinski definition) is 3. The fourth-order valence-corrected chi connectivity index (χ4v) is 0.942. The lowest BCUT2D eigenvalue weighted by molar-refractivity contribution is -0.200. The quantitative estimate of drug-likeness (QED) is 0.599. The molecule has 12 heavy (non-hydrogen) atoms. The van der Waals surface area contributed by atoms with Gasteiger partial charge < -0.3 is 10.5 Å². The number of nitrogens with two attached hydrogens (primary N) is 1. The van der Waals surface area contributed by atoms with Gasteiger partial charge in [0.15, 0.2) is 0 Å². The second-order valence-electron chi connectivity index (χ2n) is 2.66. The van der Waals surface area contributed by atoms with Gasteiger partial charge in [0.1, 0.15) is 5.84 Å². The molecule has 0 fully saturated rings. The molecule has 0 aromatic heterocycles. The minimum Gasteiger partial charge on any atom is -0.385 e. The first kappa shape index (κ1) is 9.31. The lowest BCUT2D eigenvalue weighted by atomic mass is 10.2. The van der Waals surface area contributed by atoms with Gasteiger partial charge in [0.2, 0.25) is 6.10 Å². The monoisotopic (exact) mass is 182 g/mol. The SMILES string of the molecule is CC1COC(C(F)(F)F)C(N)=N1. The summed E-state index contributed by atoms with van der Waals surface area (Å²) in [5, 5.41) is 0. The van der Waals surface area contributed by atoms with E-state index in [0.717, 1.165) is 0 Å². The molecule has 0 saturated heterocycles. The van der Waals surface area contributed by atoms with Crippen LogP contribution < -0.4 is 5.73 Å². The first-order chi connectivity index (χ1) is 5.41. The summed E-state index contributed by atoms with van der Waals surface area (Å²) < 4.78 is 40.6. The van der Waals surface area contributed by atoms with Crippen molar-refractivity contribution in [1.29, 1.82) is 0 Å². The predicted molar refractivity (Wildman–Crippen MR) is 36.9 cm³/mol. The van der Waals surface area contributed by atoms with Crippen LogP contribution in [0.25, 0.3) is 0 Å². The molecular formula is C6H9F3N2O. The second-order valence-corrected chi connectivity index (χ2v) is 2.66. The van der Waals surface area contributed by atoms with Crippen LogP contribution >= 0.6 is 0 Å². The van der Waals surface area contributed by atoms with Crippen molar-refractivity contribution in [2.45, 2.75) is 25.2 Å². The van der Waals surface area contributed by atoms with E-state index in [1.807, 2.05) is 0 Å². The number of ether oxygens (including phenoxy) is 1. The van der Waals surface area contributed by atoms with Crippen molar-refractivity contribution in [2.75, 3.05) is 6.61 Å².